The van der Waals surface area contributed by atoms with Crippen molar-refractivity contribution in [2.24, 2.45) is 5.92 Å². The summed E-state index contributed by atoms with van der Waals surface area (Å²) in [7, 11) is 1.68. The molecule has 5 nitrogen and oxygen atoms in total. The molecule has 32 heavy (non-hydrogen) atoms. The third-order valence-corrected chi connectivity index (χ3v) is 6.69. The summed E-state index contributed by atoms with van der Waals surface area (Å²) in [5.41, 5.74) is 0.680. The number of likely N-dealkylation sites (tertiary alicyclic amines) is 1. The van der Waals surface area contributed by atoms with Crippen molar-refractivity contribution in [2.45, 2.75) is 51.0 Å². The molecule has 0 bridgehead atoms. The first-order valence-corrected chi connectivity index (χ1v) is 11.9. The lowest BCUT2D eigenvalue weighted by Gasteiger charge is -2.42. The number of piperidine rings is 1. The second-order valence-corrected chi connectivity index (χ2v) is 8.94. The summed E-state index contributed by atoms with van der Waals surface area (Å²) < 4.78 is 11.5. The van der Waals surface area contributed by atoms with Gasteiger partial charge in [-0.3, -0.25) is 4.79 Å². The minimum atomic E-state index is -1.17. The number of aliphatic hydroxyl groups is 1. The van der Waals surface area contributed by atoms with E-state index in [4.69, 9.17) is 21.1 Å². The molecule has 0 aliphatic carbocycles. The normalized spacial score (nSPS) is 18.2. The zero-order chi connectivity index (χ0) is 23.0. The number of ether oxygens (including phenoxy) is 2. The Kier molecular flexibility index (Phi) is 8.97. The molecule has 0 unspecified atom stereocenters. The van der Waals surface area contributed by atoms with Gasteiger partial charge in [0.1, 0.15) is 5.75 Å². The van der Waals surface area contributed by atoms with Gasteiger partial charge in [-0.1, -0.05) is 42.8 Å². The number of carbonyl (C=O) groups is 1. The highest BCUT2D eigenvalue weighted by molar-refractivity contribution is 6.32. The molecule has 0 spiro atoms. The fraction of sp³-hybridized carbons (Fsp3) is 0.500. The highest BCUT2D eigenvalue weighted by Gasteiger charge is 2.42. The molecule has 2 aromatic rings. The summed E-state index contributed by atoms with van der Waals surface area (Å²) in [5, 5.41) is 12.6. The molecule has 1 N–H and O–H groups in total. The van der Waals surface area contributed by atoms with Crippen LogP contribution >= 0.6 is 11.6 Å². The van der Waals surface area contributed by atoms with Crippen LogP contribution in [0.5, 0.6) is 11.5 Å². The minimum absolute atomic E-state index is 0.105. The summed E-state index contributed by atoms with van der Waals surface area (Å²) in [6.07, 6.45) is 5.65. The SMILES string of the molecule is CCc1cccc(Oc2c(Cl)cccc2[C@](O)(CCCCOC)[C@@H]2CCCN(C=O)C2)c1. The maximum atomic E-state index is 12.2. The molecule has 174 valence electrons. The van der Waals surface area contributed by atoms with Crippen molar-refractivity contribution in [2.75, 3.05) is 26.8 Å². The minimum Gasteiger partial charge on any atom is -0.455 e. The Bertz CT molecular complexity index is 890. The molecule has 1 amide bonds. The first-order valence-electron chi connectivity index (χ1n) is 11.5. The van der Waals surface area contributed by atoms with Crippen LogP contribution in [0, 0.1) is 5.92 Å². The lowest BCUT2D eigenvalue weighted by molar-refractivity contribution is -0.123. The zero-order valence-electron chi connectivity index (χ0n) is 19.1. The van der Waals surface area contributed by atoms with Crippen molar-refractivity contribution in [3.8, 4) is 11.5 Å². The molecular weight excluding hydrogens is 426 g/mol. The van der Waals surface area contributed by atoms with Crippen LogP contribution in [0.4, 0.5) is 0 Å². The number of hydrogen-bond donors (Lipinski definition) is 1. The molecule has 1 aliphatic heterocycles. The number of methoxy groups -OCH3 is 1. The summed E-state index contributed by atoms with van der Waals surface area (Å²) in [4.78, 5) is 13.2. The molecular formula is C26H34ClNO4. The monoisotopic (exact) mass is 459 g/mol. The van der Waals surface area contributed by atoms with E-state index < -0.39 is 5.60 Å². The topological polar surface area (TPSA) is 59.0 Å². The highest BCUT2D eigenvalue weighted by Crippen LogP contribution is 2.46. The van der Waals surface area contributed by atoms with E-state index in [2.05, 4.69) is 13.0 Å². The van der Waals surface area contributed by atoms with E-state index in [-0.39, 0.29) is 5.92 Å². The molecule has 1 heterocycles. The molecule has 3 rings (SSSR count). The standard InChI is InChI=1S/C26H34ClNO4/c1-3-20-9-6-11-22(17-20)32-25-23(12-7-13-24(25)27)26(30,14-4-5-16-31-2)21-10-8-15-28(18-21)19-29/h6-7,9,11-13,17,19,21,30H,3-5,8,10,14-16,18H2,1-2H3/t21-,26+/m1/s1. The van der Waals surface area contributed by atoms with Gasteiger partial charge < -0.3 is 19.5 Å². The van der Waals surface area contributed by atoms with Gasteiger partial charge in [-0.25, -0.2) is 0 Å². The number of amides is 1. The molecule has 0 aromatic heterocycles. The van der Waals surface area contributed by atoms with Gasteiger partial charge in [0.05, 0.1) is 10.6 Å². The predicted octanol–water partition coefficient (Wildman–Crippen LogP) is 5.57. The number of carbonyl (C=O) groups excluding carboxylic acids is 1. The number of rotatable bonds is 11. The van der Waals surface area contributed by atoms with Crippen LogP contribution in [0.3, 0.4) is 0 Å². The van der Waals surface area contributed by atoms with E-state index in [9.17, 15) is 9.90 Å². The number of unbranched alkanes of at least 4 members (excludes halogenated alkanes) is 1. The van der Waals surface area contributed by atoms with Crippen LogP contribution in [-0.2, 0) is 21.6 Å². The van der Waals surface area contributed by atoms with E-state index in [1.165, 1.54) is 5.56 Å². The summed E-state index contributed by atoms with van der Waals surface area (Å²) in [6.45, 7) is 3.98. The van der Waals surface area contributed by atoms with Crippen molar-refractivity contribution in [1.82, 2.24) is 4.90 Å². The van der Waals surface area contributed by atoms with Crippen LogP contribution in [0.2, 0.25) is 5.02 Å². The first-order chi connectivity index (χ1) is 15.5. The number of hydrogen-bond acceptors (Lipinski definition) is 4. The Morgan fingerprint density at radius 1 is 1.25 bits per heavy atom. The Morgan fingerprint density at radius 3 is 2.81 bits per heavy atom. The Morgan fingerprint density at radius 2 is 2.06 bits per heavy atom. The van der Waals surface area contributed by atoms with E-state index in [1.54, 1.807) is 18.1 Å². The number of aryl methyl sites for hydroxylation is 1. The molecule has 2 aromatic carbocycles. The van der Waals surface area contributed by atoms with Crippen molar-refractivity contribution >= 4 is 18.0 Å². The van der Waals surface area contributed by atoms with Gasteiger partial charge in [-0.15, -0.1) is 0 Å². The quantitative estimate of drug-likeness (QED) is 0.352. The largest absolute Gasteiger partial charge is 0.455 e. The van der Waals surface area contributed by atoms with Crippen molar-refractivity contribution in [3.63, 3.8) is 0 Å². The summed E-state index contributed by atoms with van der Waals surface area (Å²) in [6, 6.07) is 13.5. The lowest BCUT2D eigenvalue weighted by atomic mass is 9.73. The lowest BCUT2D eigenvalue weighted by Crippen LogP contribution is -2.46. The predicted molar refractivity (Wildman–Crippen MR) is 127 cm³/mol. The summed E-state index contributed by atoms with van der Waals surface area (Å²) >= 11 is 6.61. The van der Waals surface area contributed by atoms with Crippen LogP contribution in [0.25, 0.3) is 0 Å². The number of nitrogens with zero attached hydrogens (tertiary/aromatic N) is 1. The number of benzene rings is 2. The Hall–Kier alpha value is -2.08. The molecule has 6 heteroatoms. The smallest absolute Gasteiger partial charge is 0.209 e. The summed E-state index contributed by atoms with van der Waals surface area (Å²) in [5.74, 6) is 1.07. The van der Waals surface area contributed by atoms with E-state index in [0.29, 0.717) is 41.7 Å². The van der Waals surface area contributed by atoms with Crippen LogP contribution in [0.15, 0.2) is 42.5 Å². The molecule has 2 atom stereocenters. The van der Waals surface area contributed by atoms with E-state index in [0.717, 1.165) is 45.1 Å². The maximum Gasteiger partial charge on any atom is 0.209 e. The van der Waals surface area contributed by atoms with E-state index in [1.807, 2.05) is 30.3 Å². The van der Waals surface area contributed by atoms with Crippen LogP contribution in [0.1, 0.15) is 50.2 Å². The first kappa shape index (κ1) is 24.6. The third kappa shape index (κ3) is 5.83. The highest BCUT2D eigenvalue weighted by atomic mass is 35.5. The number of halogens is 1. The second-order valence-electron chi connectivity index (χ2n) is 8.53. The zero-order valence-corrected chi connectivity index (χ0v) is 19.8. The van der Waals surface area contributed by atoms with Crippen molar-refractivity contribution in [3.05, 3.63) is 58.6 Å². The molecule has 1 saturated heterocycles. The van der Waals surface area contributed by atoms with Crippen LogP contribution < -0.4 is 4.74 Å². The van der Waals surface area contributed by atoms with Crippen molar-refractivity contribution < 1.29 is 19.4 Å². The van der Waals surface area contributed by atoms with Gasteiger partial charge in [0.15, 0.2) is 5.75 Å². The fourth-order valence-corrected chi connectivity index (χ4v) is 4.80. The van der Waals surface area contributed by atoms with Gasteiger partial charge in [0.25, 0.3) is 0 Å². The van der Waals surface area contributed by atoms with Gasteiger partial charge in [-0.2, -0.15) is 0 Å². The molecule has 1 aliphatic rings. The fourth-order valence-electron chi connectivity index (χ4n) is 4.59. The van der Waals surface area contributed by atoms with Gasteiger partial charge >= 0.3 is 0 Å². The van der Waals surface area contributed by atoms with Crippen LogP contribution in [-0.4, -0.2) is 43.2 Å². The second kappa shape index (κ2) is 11.7. The third-order valence-electron chi connectivity index (χ3n) is 6.39. The molecule has 0 radical (unpaired) electrons. The number of para-hydroxylation sites is 1. The van der Waals surface area contributed by atoms with E-state index >= 15 is 0 Å². The Labute approximate surface area is 196 Å². The average molecular weight is 460 g/mol. The van der Waals surface area contributed by atoms with Gasteiger partial charge in [0, 0.05) is 38.3 Å². The maximum absolute atomic E-state index is 12.2. The van der Waals surface area contributed by atoms with Gasteiger partial charge in [-0.05, 0) is 62.3 Å². The van der Waals surface area contributed by atoms with Crippen molar-refractivity contribution in [1.29, 1.82) is 0 Å². The molecule has 1 fully saturated rings. The Balaban J connectivity index is 1.99. The molecule has 0 saturated carbocycles. The van der Waals surface area contributed by atoms with Gasteiger partial charge in [0.2, 0.25) is 6.41 Å². The average Bonchev–Trinajstić information content (AvgIpc) is 2.83.